The van der Waals surface area contributed by atoms with Crippen LogP contribution in [0.5, 0.6) is 0 Å². The maximum Gasteiger partial charge on any atom is 0.139 e. The van der Waals surface area contributed by atoms with Crippen molar-refractivity contribution in [3.8, 4) is 0 Å². The van der Waals surface area contributed by atoms with Gasteiger partial charge in [0.15, 0.2) is 0 Å². The molecule has 0 amide bonds. The molecule has 1 nitrogen and oxygen atoms in total. The zero-order chi connectivity index (χ0) is 9.56. The lowest BCUT2D eigenvalue weighted by atomic mass is 9.92. The summed E-state index contributed by atoms with van der Waals surface area (Å²) in [6.07, 6.45) is 0. The number of hydrogen-bond acceptors (Lipinski definition) is 1. The Morgan fingerprint density at radius 2 is 1.50 bits per heavy atom. The average Bonchev–Trinajstić information content (AvgIpc) is 1.94. The van der Waals surface area contributed by atoms with Gasteiger partial charge in [-0.1, -0.05) is 35.3 Å². The summed E-state index contributed by atoms with van der Waals surface area (Å²) in [7, 11) is 8.12. The molecule has 0 aliphatic carbocycles. The van der Waals surface area contributed by atoms with E-state index in [0.29, 0.717) is 0 Å². The lowest BCUT2D eigenvalue weighted by molar-refractivity contribution is 0.505. The highest BCUT2D eigenvalue weighted by Gasteiger charge is 1.83. The van der Waals surface area contributed by atoms with Crippen LogP contribution in [0.2, 0.25) is 0 Å². The monoisotopic (exact) mass is 163 g/mol. The summed E-state index contributed by atoms with van der Waals surface area (Å²) >= 11 is 0. The fourth-order valence-electron chi connectivity index (χ4n) is 0.663. The lowest BCUT2D eigenvalue weighted by Crippen LogP contribution is -2.04. The van der Waals surface area contributed by atoms with Crippen LogP contribution in [-0.4, -0.2) is 33.9 Å². The summed E-state index contributed by atoms with van der Waals surface area (Å²) in [6, 6.07) is 8.36. The number of rotatable bonds is 0. The third-order valence-electron chi connectivity index (χ3n) is 1.43. The van der Waals surface area contributed by atoms with E-state index in [9.17, 15) is 0 Å². The fourth-order valence-corrected chi connectivity index (χ4v) is 0.663. The summed E-state index contributed by atoms with van der Waals surface area (Å²) < 4.78 is 0. The third-order valence-corrected chi connectivity index (χ3v) is 1.43. The Hall–Kier alpha value is -0.755. The summed E-state index contributed by atoms with van der Waals surface area (Å²) in [6.45, 7) is 2.12. The highest BCUT2D eigenvalue weighted by Crippen LogP contribution is 1.88. The SMILES string of the molecule is Bc1ccccc1C.CN(C)C. The quantitative estimate of drug-likeness (QED) is 0.501. The van der Waals surface area contributed by atoms with Crippen LogP contribution in [0.15, 0.2) is 24.3 Å². The number of benzene rings is 1. The van der Waals surface area contributed by atoms with Crippen LogP contribution in [0.1, 0.15) is 5.56 Å². The largest absolute Gasteiger partial charge is 0.312 e. The van der Waals surface area contributed by atoms with Gasteiger partial charge in [-0.05, 0) is 28.1 Å². The zero-order valence-corrected chi connectivity index (χ0v) is 8.76. The minimum absolute atomic E-state index is 1.37. The molecular weight excluding hydrogens is 145 g/mol. The molecule has 0 aromatic heterocycles. The van der Waals surface area contributed by atoms with Gasteiger partial charge in [0, 0.05) is 0 Å². The van der Waals surface area contributed by atoms with Crippen LogP contribution in [0.4, 0.5) is 0 Å². The molecule has 0 saturated carbocycles. The van der Waals surface area contributed by atoms with Crippen molar-refractivity contribution in [3.63, 3.8) is 0 Å². The molecule has 0 radical (unpaired) electrons. The van der Waals surface area contributed by atoms with Crippen LogP contribution < -0.4 is 5.46 Å². The van der Waals surface area contributed by atoms with Gasteiger partial charge < -0.3 is 4.90 Å². The van der Waals surface area contributed by atoms with E-state index in [0.717, 1.165) is 0 Å². The molecule has 0 atom stereocenters. The van der Waals surface area contributed by atoms with Gasteiger partial charge >= 0.3 is 0 Å². The Morgan fingerprint density at radius 1 is 1.08 bits per heavy atom. The van der Waals surface area contributed by atoms with E-state index in [1.54, 1.807) is 0 Å². The molecule has 0 spiro atoms. The molecule has 1 aromatic carbocycles. The van der Waals surface area contributed by atoms with Gasteiger partial charge in [-0.25, -0.2) is 0 Å². The Kier molecular flexibility index (Phi) is 5.47. The molecule has 66 valence electrons. The van der Waals surface area contributed by atoms with Crippen molar-refractivity contribution in [2.24, 2.45) is 0 Å². The average molecular weight is 163 g/mol. The Balaban J connectivity index is 0.000000261. The highest BCUT2D eigenvalue weighted by molar-refractivity contribution is 6.33. The van der Waals surface area contributed by atoms with Gasteiger partial charge in [-0.15, -0.1) is 0 Å². The van der Waals surface area contributed by atoms with Crippen molar-refractivity contribution >= 4 is 13.3 Å². The minimum atomic E-state index is 1.37. The highest BCUT2D eigenvalue weighted by atomic mass is 15.0. The van der Waals surface area contributed by atoms with Crippen LogP contribution in [0, 0.1) is 6.92 Å². The molecular formula is C10H18BN. The molecule has 0 saturated heterocycles. The molecule has 0 bridgehead atoms. The molecule has 2 heteroatoms. The topological polar surface area (TPSA) is 3.24 Å². The van der Waals surface area contributed by atoms with E-state index in [4.69, 9.17) is 0 Å². The first-order chi connectivity index (χ1) is 5.54. The van der Waals surface area contributed by atoms with Crippen LogP contribution >= 0.6 is 0 Å². The Bertz CT molecular complexity index is 197. The smallest absolute Gasteiger partial charge is 0.139 e. The van der Waals surface area contributed by atoms with Crippen molar-refractivity contribution < 1.29 is 0 Å². The van der Waals surface area contributed by atoms with Crippen LogP contribution in [-0.2, 0) is 0 Å². The van der Waals surface area contributed by atoms with Crippen molar-refractivity contribution in [2.75, 3.05) is 21.1 Å². The van der Waals surface area contributed by atoms with Crippen molar-refractivity contribution in [1.29, 1.82) is 0 Å². The molecule has 1 rings (SSSR count). The van der Waals surface area contributed by atoms with E-state index in [-0.39, 0.29) is 0 Å². The van der Waals surface area contributed by atoms with Crippen LogP contribution in [0.25, 0.3) is 0 Å². The number of hydrogen-bond donors (Lipinski definition) is 0. The lowest BCUT2D eigenvalue weighted by Gasteiger charge is -1.93. The maximum atomic E-state index is 2.12. The second kappa shape index (κ2) is 5.84. The Labute approximate surface area is 76.8 Å². The van der Waals surface area contributed by atoms with Gasteiger partial charge in [0.25, 0.3) is 0 Å². The fraction of sp³-hybridized carbons (Fsp3) is 0.400. The first kappa shape index (κ1) is 11.2. The van der Waals surface area contributed by atoms with Crippen molar-refractivity contribution in [3.05, 3.63) is 29.8 Å². The predicted octanol–water partition coefficient (Wildman–Crippen LogP) is 0.431. The molecule has 0 aliphatic rings. The molecule has 12 heavy (non-hydrogen) atoms. The first-order valence-corrected chi connectivity index (χ1v) is 4.17. The maximum absolute atomic E-state index is 2.12. The zero-order valence-electron chi connectivity index (χ0n) is 8.76. The van der Waals surface area contributed by atoms with E-state index in [2.05, 4.69) is 39.0 Å². The molecule has 0 unspecified atom stereocenters. The van der Waals surface area contributed by atoms with Gasteiger partial charge in [-0.2, -0.15) is 0 Å². The summed E-state index contributed by atoms with van der Waals surface area (Å²) in [5, 5.41) is 0. The summed E-state index contributed by atoms with van der Waals surface area (Å²) in [5.74, 6) is 0. The second-order valence-electron chi connectivity index (χ2n) is 3.43. The van der Waals surface area contributed by atoms with Gasteiger partial charge in [0.1, 0.15) is 7.85 Å². The summed E-state index contributed by atoms with van der Waals surface area (Å²) in [4.78, 5) is 2.00. The van der Waals surface area contributed by atoms with Gasteiger partial charge in [0.05, 0.1) is 0 Å². The third kappa shape index (κ3) is 5.99. The standard InChI is InChI=1S/C7H9B.C3H9N/c1-6-4-2-3-5-7(6)8;1-4(2)3/h2-5H,8H2,1H3;1-3H3. The molecule has 0 aliphatic heterocycles. The molecule has 0 fully saturated rings. The minimum Gasteiger partial charge on any atom is -0.312 e. The van der Waals surface area contributed by atoms with Crippen LogP contribution in [0.3, 0.4) is 0 Å². The van der Waals surface area contributed by atoms with Gasteiger partial charge in [0.2, 0.25) is 0 Å². The van der Waals surface area contributed by atoms with Gasteiger partial charge in [-0.3, -0.25) is 0 Å². The van der Waals surface area contributed by atoms with E-state index >= 15 is 0 Å². The molecule has 0 heterocycles. The normalized spacial score (nSPS) is 9.08. The Morgan fingerprint density at radius 3 is 1.75 bits per heavy atom. The van der Waals surface area contributed by atoms with E-state index in [1.165, 1.54) is 11.0 Å². The second-order valence-corrected chi connectivity index (χ2v) is 3.43. The van der Waals surface area contributed by atoms with E-state index < -0.39 is 0 Å². The molecule has 0 N–H and O–H groups in total. The van der Waals surface area contributed by atoms with Crippen molar-refractivity contribution in [1.82, 2.24) is 4.90 Å². The number of nitrogens with zero attached hydrogens (tertiary/aromatic N) is 1. The number of aryl methyl sites for hydroxylation is 1. The molecule has 1 aromatic rings. The summed E-state index contributed by atoms with van der Waals surface area (Å²) in [5.41, 5.74) is 2.74. The first-order valence-electron chi connectivity index (χ1n) is 4.17. The van der Waals surface area contributed by atoms with E-state index in [1.807, 2.05) is 26.0 Å². The predicted molar refractivity (Wildman–Crippen MR) is 59.0 cm³/mol. The van der Waals surface area contributed by atoms with Crippen molar-refractivity contribution in [2.45, 2.75) is 6.92 Å².